The first kappa shape index (κ1) is 11.7. The van der Waals surface area contributed by atoms with Gasteiger partial charge in [-0.15, -0.1) is 0 Å². The van der Waals surface area contributed by atoms with E-state index in [9.17, 15) is 0 Å². The molecule has 0 unspecified atom stereocenters. The maximum absolute atomic E-state index is 4.40. The van der Waals surface area contributed by atoms with Crippen LogP contribution in [-0.4, -0.2) is 16.3 Å². The highest BCUT2D eigenvalue weighted by Gasteiger charge is 2.17. The minimum Gasteiger partial charge on any atom is -0.261 e. The van der Waals surface area contributed by atoms with Gasteiger partial charge in [-0.3, -0.25) is 4.98 Å². The fourth-order valence-corrected chi connectivity index (χ4v) is 4.12. The Hall–Kier alpha value is -0.420. The minimum atomic E-state index is 0.0826. The lowest BCUT2D eigenvalue weighted by atomic mass is 10.4. The molecule has 0 saturated heterocycles. The van der Waals surface area contributed by atoms with Crippen LogP contribution < -0.4 is 0 Å². The van der Waals surface area contributed by atoms with Gasteiger partial charge in [0.15, 0.2) is 0 Å². The quantitative estimate of drug-likeness (QED) is 0.686. The van der Waals surface area contributed by atoms with Crippen molar-refractivity contribution in [1.29, 1.82) is 0 Å². The van der Waals surface area contributed by atoms with E-state index in [2.05, 4.69) is 44.8 Å². The molecule has 1 aromatic heterocycles. The Kier molecular flexibility index (Phi) is 4.54. The van der Waals surface area contributed by atoms with Crippen molar-refractivity contribution in [2.24, 2.45) is 0 Å². The van der Waals surface area contributed by atoms with Crippen molar-refractivity contribution >= 4 is 7.92 Å². The van der Waals surface area contributed by atoms with E-state index in [1.165, 1.54) is 11.9 Å². The third-order valence-corrected chi connectivity index (χ3v) is 5.74. The molecule has 0 amide bonds. The Bertz CT molecular complexity index is 248. The van der Waals surface area contributed by atoms with Crippen molar-refractivity contribution in [3.63, 3.8) is 0 Å². The van der Waals surface area contributed by atoms with E-state index in [1.807, 2.05) is 12.3 Å². The second-order valence-electron chi connectivity index (χ2n) is 4.18. The summed E-state index contributed by atoms with van der Waals surface area (Å²) in [6.45, 7) is 9.31. The molecule has 1 heterocycles. The zero-order valence-corrected chi connectivity index (χ0v) is 10.5. The van der Waals surface area contributed by atoms with Crippen molar-refractivity contribution < 1.29 is 0 Å². The summed E-state index contributed by atoms with van der Waals surface area (Å²) < 4.78 is 0. The summed E-state index contributed by atoms with van der Waals surface area (Å²) in [6, 6.07) is 6.20. The molecule has 0 saturated carbocycles. The lowest BCUT2D eigenvalue weighted by Gasteiger charge is -2.25. The van der Waals surface area contributed by atoms with Gasteiger partial charge in [-0.25, -0.2) is 0 Å². The maximum Gasteiger partial charge on any atom is 0.0446 e. The molecule has 0 bridgehead atoms. The Balaban J connectivity index is 2.65. The molecule has 2 heteroatoms. The monoisotopic (exact) mass is 209 g/mol. The van der Waals surface area contributed by atoms with Crippen molar-refractivity contribution in [3.8, 4) is 0 Å². The van der Waals surface area contributed by atoms with Crippen LogP contribution in [0.3, 0.4) is 0 Å². The molecule has 14 heavy (non-hydrogen) atoms. The number of rotatable bonds is 4. The zero-order chi connectivity index (χ0) is 10.6. The van der Waals surface area contributed by atoms with Gasteiger partial charge in [-0.2, -0.15) is 0 Å². The average molecular weight is 209 g/mol. The smallest absolute Gasteiger partial charge is 0.0446 e. The van der Waals surface area contributed by atoms with E-state index in [0.29, 0.717) is 0 Å². The summed E-state index contributed by atoms with van der Waals surface area (Å²) in [6.07, 6.45) is 3.06. The highest BCUT2D eigenvalue weighted by molar-refractivity contribution is 7.58. The number of pyridine rings is 1. The van der Waals surface area contributed by atoms with Crippen molar-refractivity contribution in [2.75, 3.05) is 0 Å². The molecule has 0 fully saturated rings. The van der Waals surface area contributed by atoms with Crippen LogP contribution in [0.4, 0.5) is 0 Å². The van der Waals surface area contributed by atoms with Crippen LogP contribution in [0.5, 0.6) is 0 Å². The summed E-state index contributed by atoms with van der Waals surface area (Å²) in [5, 5.41) is 0. The molecule has 1 nitrogen and oxygen atoms in total. The number of hydrogen-bond acceptors (Lipinski definition) is 1. The molecular formula is C12H20NP. The molecule has 0 atom stereocenters. The van der Waals surface area contributed by atoms with E-state index in [4.69, 9.17) is 0 Å². The summed E-state index contributed by atoms with van der Waals surface area (Å²) >= 11 is 0. The highest BCUT2D eigenvalue weighted by Crippen LogP contribution is 2.48. The van der Waals surface area contributed by atoms with E-state index >= 15 is 0 Å². The van der Waals surface area contributed by atoms with Crippen molar-refractivity contribution in [3.05, 3.63) is 30.1 Å². The van der Waals surface area contributed by atoms with Gasteiger partial charge < -0.3 is 0 Å². The van der Waals surface area contributed by atoms with Crippen LogP contribution in [0.1, 0.15) is 33.4 Å². The number of hydrogen-bond donors (Lipinski definition) is 0. The molecule has 1 rings (SSSR count). The average Bonchev–Trinajstić information content (AvgIpc) is 2.15. The molecule has 0 aromatic carbocycles. The molecule has 0 aliphatic carbocycles. The largest absolute Gasteiger partial charge is 0.261 e. The molecule has 0 spiro atoms. The van der Waals surface area contributed by atoms with Crippen LogP contribution in [0, 0.1) is 0 Å². The van der Waals surface area contributed by atoms with Crippen LogP contribution in [0.25, 0.3) is 0 Å². The molecular weight excluding hydrogens is 189 g/mol. The summed E-state index contributed by atoms with van der Waals surface area (Å²) in [5.41, 5.74) is 2.85. The van der Waals surface area contributed by atoms with Crippen molar-refractivity contribution in [1.82, 2.24) is 4.98 Å². The predicted molar refractivity (Wildman–Crippen MR) is 65.1 cm³/mol. The van der Waals surface area contributed by atoms with Gasteiger partial charge in [0.1, 0.15) is 0 Å². The van der Waals surface area contributed by atoms with Gasteiger partial charge in [-0.1, -0.05) is 41.7 Å². The lowest BCUT2D eigenvalue weighted by Crippen LogP contribution is -2.06. The predicted octanol–water partition coefficient (Wildman–Crippen LogP) is 3.88. The summed E-state index contributed by atoms with van der Waals surface area (Å²) in [7, 11) is 0.0826. The third-order valence-electron chi connectivity index (χ3n) is 2.40. The van der Waals surface area contributed by atoms with Gasteiger partial charge in [0.05, 0.1) is 0 Å². The SMILES string of the molecule is CC(C)P(Cc1ccccn1)C(C)C. The number of aromatic nitrogens is 1. The van der Waals surface area contributed by atoms with Crippen LogP contribution >= 0.6 is 7.92 Å². The topological polar surface area (TPSA) is 12.9 Å². The van der Waals surface area contributed by atoms with Crippen LogP contribution in [0.2, 0.25) is 0 Å². The Labute approximate surface area is 88.7 Å². The Morgan fingerprint density at radius 1 is 1.14 bits per heavy atom. The fourth-order valence-electron chi connectivity index (χ4n) is 1.64. The Morgan fingerprint density at radius 2 is 1.79 bits per heavy atom. The molecule has 78 valence electrons. The maximum atomic E-state index is 4.40. The lowest BCUT2D eigenvalue weighted by molar-refractivity contribution is 0.986. The molecule has 1 aromatic rings. The fraction of sp³-hybridized carbons (Fsp3) is 0.583. The molecule has 0 N–H and O–H groups in total. The van der Waals surface area contributed by atoms with E-state index in [0.717, 1.165) is 11.3 Å². The van der Waals surface area contributed by atoms with Gasteiger partial charge in [0.2, 0.25) is 0 Å². The van der Waals surface area contributed by atoms with E-state index in [1.54, 1.807) is 0 Å². The standard InChI is InChI=1S/C12H20NP/c1-10(2)14(11(3)4)9-12-7-5-6-8-13-12/h5-8,10-11H,9H2,1-4H3. The van der Waals surface area contributed by atoms with Gasteiger partial charge in [0.25, 0.3) is 0 Å². The Morgan fingerprint density at radius 3 is 2.21 bits per heavy atom. The van der Waals surface area contributed by atoms with Gasteiger partial charge in [-0.05, 0) is 23.5 Å². The molecule has 0 radical (unpaired) electrons. The first-order chi connectivity index (χ1) is 6.61. The van der Waals surface area contributed by atoms with E-state index < -0.39 is 0 Å². The first-order valence-electron chi connectivity index (χ1n) is 5.27. The number of nitrogens with zero attached hydrogens (tertiary/aromatic N) is 1. The second kappa shape index (κ2) is 5.46. The minimum absolute atomic E-state index is 0.0826. The summed E-state index contributed by atoms with van der Waals surface area (Å²) in [5.74, 6) is 0. The zero-order valence-electron chi connectivity index (χ0n) is 9.57. The van der Waals surface area contributed by atoms with Gasteiger partial charge in [0, 0.05) is 18.1 Å². The first-order valence-corrected chi connectivity index (χ1v) is 6.93. The van der Waals surface area contributed by atoms with E-state index in [-0.39, 0.29) is 7.92 Å². The molecule has 0 aliphatic rings. The molecule has 0 aliphatic heterocycles. The van der Waals surface area contributed by atoms with Gasteiger partial charge >= 0.3 is 0 Å². The van der Waals surface area contributed by atoms with Crippen LogP contribution in [0.15, 0.2) is 24.4 Å². The third kappa shape index (κ3) is 3.38. The van der Waals surface area contributed by atoms with Crippen molar-refractivity contribution in [2.45, 2.75) is 45.2 Å². The highest BCUT2D eigenvalue weighted by atomic mass is 31.1. The normalized spacial score (nSPS) is 11.6. The second-order valence-corrected chi connectivity index (χ2v) is 7.59. The van der Waals surface area contributed by atoms with Crippen LogP contribution in [-0.2, 0) is 6.16 Å². The summed E-state index contributed by atoms with van der Waals surface area (Å²) in [4.78, 5) is 4.40.